The van der Waals surface area contributed by atoms with E-state index in [0.29, 0.717) is 17.6 Å². The Labute approximate surface area is 136 Å². The van der Waals surface area contributed by atoms with Crippen LogP contribution in [0.15, 0.2) is 18.2 Å². The first-order valence-electron chi connectivity index (χ1n) is 6.99. The average molecular weight is 352 g/mol. The van der Waals surface area contributed by atoms with Crippen molar-refractivity contribution in [2.45, 2.75) is 32.2 Å². The van der Waals surface area contributed by atoms with E-state index in [4.69, 9.17) is 27.4 Å². The Morgan fingerprint density at radius 1 is 1.33 bits per heavy atom. The highest BCUT2D eigenvalue weighted by atomic mass is 35.5. The second-order valence-corrected chi connectivity index (χ2v) is 7.83. The molecule has 118 valence electrons. The minimum atomic E-state index is -3.66. The van der Waals surface area contributed by atoms with Gasteiger partial charge in [0.1, 0.15) is 0 Å². The molecule has 0 amide bonds. The highest BCUT2D eigenvalue weighted by Crippen LogP contribution is 2.28. The second-order valence-electron chi connectivity index (χ2n) is 5.30. The van der Waals surface area contributed by atoms with Gasteiger partial charge in [-0.2, -0.15) is 8.42 Å². The maximum atomic E-state index is 12.0. The summed E-state index contributed by atoms with van der Waals surface area (Å²) in [7, 11) is -3.66. The normalized spacial score (nSPS) is 20.4. The summed E-state index contributed by atoms with van der Waals surface area (Å²) in [6, 6.07) is 4.89. The van der Waals surface area contributed by atoms with Gasteiger partial charge in [-0.3, -0.25) is 4.90 Å². The molecule has 21 heavy (non-hydrogen) atoms. The van der Waals surface area contributed by atoms with Crippen molar-refractivity contribution in [3.63, 3.8) is 0 Å². The van der Waals surface area contributed by atoms with Gasteiger partial charge in [-0.05, 0) is 44.5 Å². The zero-order chi connectivity index (χ0) is 15.5. The molecule has 0 saturated carbocycles. The lowest BCUT2D eigenvalue weighted by Gasteiger charge is -2.32. The number of piperidine rings is 1. The summed E-state index contributed by atoms with van der Waals surface area (Å²) >= 11 is 11.7. The largest absolute Gasteiger partial charge is 0.381 e. The number of halogens is 2. The third kappa shape index (κ3) is 5.02. The van der Waals surface area contributed by atoms with Crippen molar-refractivity contribution >= 4 is 33.3 Å². The van der Waals surface area contributed by atoms with E-state index in [1.165, 1.54) is 18.6 Å². The molecule has 1 fully saturated rings. The van der Waals surface area contributed by atoms with Crippen molar-refractivity contribution in [3.8, 4) is 5.75 Å². The van der Waals surface area contributed by atoms with E-state index in [-0.39, 0.29) is 16.5 Å². The summed E-state index contributed by atoms with van der Waals surface area (Å²) in [6.45, 7) is 3.55. The first kappa shape index (κ1) is 16.9. The van der Waals surface area contributed by atoms with E-state index in [9.17, 15) is 8.42 Å². The maximum absolute atomic E-state index is 12.0. The third-order valence-electron chi connectivity index (χ3n) is 3.68. The molecule has 4 nitrogen and oxygen atoms in total. The lowest BCUT2D eigenvalue weighted by atomic mass is 10.0. The van der Waals surface area contributed by atoms with Gasteiger partial charge in [-0.1, -0.05) is 29.6 Å². The predicted octanol–water partition coefficient (Wildman–Crippen LogP) is 3.58. The van der Waals surface area contributed by atoms with Gasteiger partial charge in [-0.25, -0.2) is 0 Å². The van der Waals surface area contributed by atoms with Gasteiger partial charge in [0.05, 0.1) is 10.8 Å². The highest BCUT2D eigenvalue weighted by molar-refractivity contribution is 7.87. The number of hydrogen-bond donors (Lipinski definition) is 0. The van der Waals surface area contributed by atoms with Crippen LogP contribution in [0, 0.1) is 0 Å². The molecule has 0 spiro atoms. The molecule has 0 N–H and O–H groups in total. The fraction of sp³-hybridized carbons (Fsp3) is 0.571. The zero-order valence-corrected chi connectivity index (χ0v) is 14.2. The molecule has 1 saturated heterocycles. The summed E-state index contributed by atoms with van der Waals surface area (Å²) in [5.41, 5.74) is 0. The average Bonchev–Trinajstić information content (AvgIpc) is 2.41. The molecule has 2 rings (SSSR count). The lowest BCUT2D eigenvalue weighted by molar-refractivity contribution is 0.170. The van der Waals surface area contributed by atoms with Crippen LogP contribution in [0.4, 0.5) is 0 Å². The van der Waals surface area contributed by atoms with Gasteiger partial charge in [0.15, 0.2) is 5.75 Å². The quantitative estimate of drug-likeness (QED) is 0.760. The number of hydrogen-bond acceptors (Lipinski definition) is 4. The van der Waals surface area contributed by atoms with E-state index >= 15 is 0 Å². The molecular weight excluding hydrogens is 333 g/mol. The monoisotopic (exact) mass is 351 g/mol. The van der Waals surface area contributed by atoms with Crippen LogP contribution in [0.2, 0.25) is 10.0 Å². The Morgan fingerprint density at radius 2 is 2.10 bits per heavy atom. The molecule has 1 atom stereocenters. The highest BCUT2D eigenvalue weighted by Gasteiger charge is 2.22. The van der Waals surface area contributed by atoms with Crippen molar-refractivity contribution in [2.75, 3.05) is 18.8 Å². The lowest BCUT2D eigenvalue weighted by Crippen LogP contribution is -2.40. The Kier molecular flexibility index (Phi) is 5.77. The second kappa shape index (κ2) is 7.18. The van der Waals surface area contributed by atoms with Crippen LogP contribution in [0.3, 0.4) is 0 Å². The smallest absolute Gasteiger partial charge is 0.310 e. The van der Waals surface area contributed by atoms with Crippen molar-refractivity contribution < 1.29 is 12.6 Å². The summed E-state index contributed by atoms with van der Waals surface area (Å²) < 4.78 is 29.2. The molecule has 1 aromatic carbocycles. The van der Waals surface area contributed by atoms with Gasteiger partial charge < -0.3 is 4.18 Å². The summed E-state index contributed by atoms with van der Waals surface area (Å²) in [5.74, 6) is 0.0730. The van der Waals surface area contributed by atoms with E-state index < -0.39 is 10.1 Å². The summed E-state index contributed by atoms with van der Waals surface area (Å²) in [4.78, 5) is 2.19. The van der Waals surface area contributed by atoms with Crippen LogP contribution < -0.4 is 4.18 Å². The number of likely N-dealkylation sites (tertiary alicyclic amines) is 1. The molecule has 0 unspecified atom stereocenters. The van der Waals surface area contributed by atoms with Crippen LogP contribution in [0.1, 0.15) is 26.2 Å². The third-order valence-corrected chi connectivity index (χ3v) is 5.33. The van der Waals surface area contributed by atoms with Crippen LogP contribution in [-0.2, 0) is 10.1 Å². The molecule has 7 heteroatoms. The van der Waals surface area contributed by atoms with E-state index in [1.807, 2.05) is 0 Å². The Bertz CT molecular complexity index is 592. The van der Waals surface area contributed by atoms with E-state index in [2.05, 4.69) is 11.8 Å². The molecule has 0 radical (unpaired) electrons. The molecule has 0 aliphatic carbocycles. The molecule has 0 bridgehead atoms. The topological polar surface area (TPSA) is 46.6 Å². The van der Waals surface area contributed by atoms with Crippen LogP contribution in [-0.4, -0.2) is 38.2 Å². The first-order valence-corrected chi connectivity index (χ1v) is 9.32. The minimum absolute atomic E-state index is 0.0453. The minimum Gasteiger partial charge on any atom is -0.381 e. The predicted molar refractivity (Wildman–Crippen MR) is 85.8 cm³/mol. The van der Waals surface area contributed by atoms with Crippen molar-refractivity contribution in [2.24, 2.45) is 0 Å². The molecule has 1 aliphatic heterocycles. The fourth-order valence-electron chi connectivity index (χ4n) is 2.44. The first-order chi connectivity index (χ1) is 9.87. The molecule has 0 aromatic heterocycles. The van der Waals surface area contributed by atoms with E-state index in [0.717, 1.165) is 19.4 Å². The maximum Gasteiger partial charge on any atom is 0.310 e. The Balaban J connectivity index is 1.95. The number of rotatable bonds is 5. The van der Waals surface area contributed by atoms with Crippen LogP contribution in [0.5, 0.6) is 5.75 Å². The van der Waals surface area contributed by atoms with Crippen molar-refractivity contribution in [1.29, 1.82) is 0 Å². The van der Waals surface area contributed by atoms with Gasteiger partial charge in [0.25, 0.3) is 0 Å². The molecule has 1 aromatic rings. The number of nitrogens with zero attached hydrogens (tertiary/aromatic N) is 1. The molecule has 1 aliphatic rings. The van der Waals surface area contributed by atoms with Gasteiger partial charge in [0.2, 0.25) is 0 Å². The van der Waals surface area contributed by atoms with Crippen LogP contribution in [0.25, 0.3) is 0 Å². The Morgan fingerprint density at radius 3 is 2.76 bits per heavy atom. The van der Waals surface area contributed by atoms with Gasteiger partial charge in [-0.15, -0.1) is 0 Å². The van der Waals surface area contributed by atoms with E-state index in [1.54, 1.807) is 6.07 Å². The molecular formula is C14H19Cl2NO3S. The summed E-state index contributed by atoms with van der Waals surface area (Å²) in [5, 5.41) is 0.629. The summed E-state index contributed by atoms with van der Waals surface area (Å²) in [6.07, 6.45) is 3.44. The standard InChI is InChI=1S/C14H19Cl2NO3S/c1-11-4-2-3-7-17(11)8-9-21(18,19)20-14-6-5-12(15)10-13(14)16/h5-6,10-11H,2-4,7-9H2,1H3/t11-/m1/s1. The fourth-order valence-corrected chi connectivity index (χ4v) is 3.89. The molecule has 1 heterocycles. The zero-order valence-electron chi connectivity index (χ0n) is 11.9. The SMILES string of the molecule is C[C@@H]1CCCCN1CCS(=O)(=O)Oc1ccc(Cl)cc1Cl. The van der Waals surface area contributed by atoms with Crippen molar-refractivity contribution in [1.82, 2.24) is 4.90 Å². The van der Waals surface area contributed by atoms with Gasteiger partial charge >= 0.3 is 10.1 Å². The van der Waals surface area contributed by atoms with Crippen molar-refractivity contribution in [3.05, 3.63) is 28.2 Å². The van der Waals surface area contributed by atoms with Crippen LogP contribution >= 0.6 is 23.2 Å². The number of benzene rings is 1. The Hall–Kier alpha value is -0.490. The van der Waals surface area contributed by atoms with Gasteiger partial charge in [0, 0.05) is 17.6 Å².